The lowest BCUT2D eigenvalue weighted by Crippen LogP contribution is -2.50. The van der Waals surface area contributed by atoms with E-state index < -0.39 is 18.1 Å². The van der Waals surface area contributed by atoms with Gasteiger partial charge >= 0.3 is 17.9 Å². The standard InChI is InChI=1S/C54H95NO7/c1-6-8-10-12-14-16-18-20-22-24-26-28-30-32-34-36-38-40-42-44-52(56)61-49-50(48-60-47-46-51(54(58)59)55(3,4)5)62-53(57)45-43-41-39-37-35-33-31-29-27-25-23-21-19-17-15-13-11-9-7-2/h8,10,14,16,20,22,25-28,50-51H,6-7,9,11-13,15,17-19,21,23-24,29-49H2,1-5H3/p+1/b10-8+,16-14+,22-20+,27-25+,28-26+. The van der Waals surface area contributed by atoms with E-state index in [2.05, 4.69) is 74.6 Å². The average Bonchev–Trinajstić information content (AvgIpc) is 3.23. The minimum Gasteiger partial charge on any atom is -0.477 e. The summed E-state index contributed by atoms with van der Waals surface area (Å²) in [4.78, 5) is 37.1. The highest BCUT2D eigenvalue weighted by atomic mass is 16.6. The van der Waals surface area contributed by atoms with Gasteiger partial charge in [-0.2, -0.15) is 0 Å². The fourth-order valence-corrected chi connectivity index (χ4v) is 7.25. The molecule has 0 amide bonds. The SMILES string of the molecule is CC/C=C/C/C=C/C/C=C/C/C=C/CCCCCCCCC(=O)OCC(COCCC(C(=O)O)[N+](C)(C)C)OC(=O)CCCCCCCCC/C=C/CCCCCCCCCC. The highest BCUT2D eigenvalue weighted by Gasteiger charge is 2.31. The topological polar surface area (TPSA) is 99.1 Å². The van der Waals surface area contributed by atoms with E-state index in [0.717, 1.165) is 77.0 Å². The lowest BCUT2D eigenvalue weighted by atomic mass is 10.1. The number of quaternary nitrogens is 1. The highest BCUT2D eigenvalue weighted by molar-refractivity contribution is 5.72. The monoisotopic (exact) mass is 871 g/mol. The van der Waals surface area contributed by atoms with Gasteiger partial charge in [-0.3, -0.25) is 9.59 Å². The molecule has 62 heavy (non-hydrogen) atoms. The Morgan fingerprint density at radius 1 is 0.500 bits per heavy atom. The number of carboxylic acids is 1. The molecule has 0 aromatic carbocycles. The summed E-state index contributed by atoms with van der Waals surface area (Å²) in [6, 6.07) is -0.620. The summed E-state index contributed by atoms with van der Waals surface area (Å²) >= 11 is 0. The Kier molecular flexibility index (Phi) is 42.5. The first-order chi connectivity index (χ1) is 30.1. The van der Waals surface area contributed by atoms with Gasteiger partial charge in [0.1, 0.15) is 6.61 Å². The summed E-state index contributed by atoms with van der Waals surface area (Å²) in [5.41, 5.74) is 0. The van der Waals surface area contributed by atoms with Crippen LogP contribution in [0, 0.1) is 0 Å². The van der Waals surface area contributed by atoms with E-state index in [-0.39, 0.29) is 36.2 Å². The van der Waals surface area contributed by atoms with Crippen molar-refractivity contribution in [1.82, 2.24) is 0 Å². The zero-order valence-corrected chi connectivity index (χ0v) is 40.8. The third-order valence-corrected chi connectivity index (χ3v) is 11.2. The molecule has 0 saturated heterocycles. The third-order valence-electron chi connectivity index (χ3n) is 11.2. The number of ether oxygens (including phenoxy) is 3. The zero-order chi connectivity index (χ0) is 45.6. The molecule has 0 spiro atoms. The van der Waals surface area contributed by atoms with E-state index in [9.17, 15) is 19.5 Å². The average molecular weight is 871 g/mol. The van der Waals surface area contributed by atoms with E-state index in [0.29, 0.717) is 19.3 Å². The Labute approximate surface area is 381 Å². The van der Waals surface area contributed by atoms with Crippen LogP contribution in [-0.4, -0.2) is 80.6 Å². The van der Waals surface area contributed by atoms with Gasteiger partial charge in [-0.05, 0) is 77.0 Å². The minimum absolute atomic E-state index is 0.0534. The van der Waals surface area contributed by atoms with Gasteiger partial charge in [0.2, 0.25) is 0 Å². The van der Waals surface area contributed by atoms with Gasteiger partial charge in [0.05, 0.1) is 34.4 Å². The largest absolute Gasteiger partial charge is 0.477 e. The number of unbranched alkanes of at least 4 members (excludes halogenated alkanes) is 21. The molecule has 1 N–H and O–H groups in total. The predicted molar refractivity (Wildman–Crippen MR) is 261 cm³/mol. The smallest absolute Gasteiger partial charge is 0.362 e. The zero-order valence-electron chi connectivity index (χ0n) is 40.8. The van der Waals surface area contributed by atoms with E-state index in [1.165, 1.54) is 103 Å². The summed E-state index contributed by atoms with van der Waals surface area (Å²) in [7, 11) is 5.53. The maximum atomic E-state index is 12.8. The van der Waals surface area contributed by atoms with Crippen molar-refractivity contribution in [3.8, 4) is 0 Å². The van der Waals surface area contributed by atoms with Crippen molar-refractivity contribution in [2.75, 3.05) is 41.0 Å². The van der Waals surface area contributed by atoms with Crippen molar-refractivity contribution in [3.05, 3.63) is 60.8 Å². The molecule has 0 aliphatic carbocycles. The summed E-state index contributed by atoms with van der Waals surface area (Å²) in [5, 5.41) is 9.65. The number of carbonyl (C=O) groups excluding carboxylic acids is 2. The summed E-state index contributed by atoms with van der Waals surface area (Å²) in [6.45, 7) is 4.62. The van der Waals surface area contributed by atoms with Gasteiger partial charge in [0, 0.05) is 19.3 Å². The third kappa shape index (κ3) is 42.3. The van der Waals surface area contributed by atoms with Crippen LogP contribution in [0.2, 0.25) is 0 Å². The Hall–Kier alpha value is -2.97. The number of carbonyl (C=O) groups is 3. The maximum absolute atomic E-state index is 12.8. The molecule has 358 valence electrons. The van der Waals surface area contributed by atoms with Crippen LogP contribution >= 0.6 is 0 Å². The molecule has 0 aliphatic rings. The molecular formula is C54H96NO7+. The first-order valence-corrected chi connectivity index (χ1v) is 25.3. The molecular weight excluding hydrogens is 775 g/mol. The number of nitrogens with zero attached hydrogens (tertiary/aromatic N) is 1. The molecule has 0 bridgehead atoms. The molecule has 8 heteroatoms. The van der Waals surface area contributed by atoms with Gasteiger partial charge in [0.15, 0.2) is 12.1 Å². The molecule has 0 aromatic rings. The van der Waals surface area contributed by atoms with Crippen molar-refractivity contribution < 1.29 is 38.2 Å². The minimum atomic E-state index is -0.878. The lowest BCUT2D eigenvalue weighted by molar-refractivity contribution is -0.887. The predicted octanol–water partition coefficient (Wildman–Crippen LogP) is 14.5. The number of esters is 2. The van der Waals surface area contributed by atoms with Crippen molar-refractivity contribution in [2.24, 2.45) is 0 Å². The van der Waals surface area contributed by atoms with Crippen LogP contribution in [0.3, 0.4) is 0 Å². The molecule has 0 aromatic heterocycles. The van der Waals surface area contributed by atoms with Gasteiger partial charge in [-0.15, -0.1) is 0 Å². The van der Waals surface area contributed by atoms with Crippen LogP contribution in [-0.2, 0) is 28.6 Å². The molecule has 0 aliphatic heterocycles. The van der Waals surface area contributed by atoms with E-state index in [1.807, 2.05) is 21.1 Å². The van der Waals surface area contributed by atoms with Crippen LogP contribution in [0.15, 0.2) is 60.8 Å². The molecule has 0 fully saturated rings. The van der Waals surface area contributed by atoms with E-state index >= 15 is 0 Å². The van der Waals surface area contributed by atoms with Gasteiger partial charge < -0.3 is 23.8 Å². The lowest BCUT2D eigenvalue weighted by Gasteiger charge is -2.31. The van der Waals surface area contributed by atoms with Crippen LogP contribution in [0.25, 0.3) is 0 Å². The Morgan fingerprint density at radius 2 is 0.903 bits per heavy atom. The maximum Gasteiger partial charge on any atom is 0.362 e. The van der Waals surface area contributed by atoms with Crippen molar-refractivity contribution in [3.63, 3.8) is 0 Å². The first-order valence-electron chi connectivity index (χ1n) is 25.3. The van der Waals surface area contributed by atoms with Gasteiger partial charge in [0.25, 0.3) is 0 Å². The van der Waals surface area contributed by atoms with Crippen LogP contribution < -0.4 is 0 Å². The Morgan fingerprint density at radius 3 is 1.35 bits per heavy atom. The summed E-state index contributed by atoms with van der Waals surface area (Å²) in [6.07, 6.45) is 55.5. The number of aliphatic carboxylic acids is 1. The van der Waals surface area contributed by atoms with Crippen molar-refractivity contribution in [2.45, 2.75) is 225 Å². The normalized spacial score (nSPS) is 13.4. The molecule has 2 atom stereocenters. The fraction of sp³-hybridized carbons (Fsp3) is 0.759. The first kappa shape index (κ1) is 59.0. The molecule has 8 nitrogen and oxygen atoms in total. The molecule has 2 unspecified atom stereocenters. The number of allylic oxidation sites excluding steroid dienone is 10. The second kappa shape index (κ2) is 44.6. The highest BCUT2D eigenvalue weighted by Crippen LogP contribution is 2.15. The van der Waals surface area contributed by atoms with Crippen molar-refractivity contribution >= 4 is 17.9 Å². The molecule has 0 radical (unpaired) electrons. The molecule has 0 rings (SSSR count). The van der Waals surface area contributed by atoms with E-state index in [4.69, 9.17) is 14.2 Å². The van der Waals surface area contributed by atoms with Crippen LogP contribution in [0.4, 0.5) is 0 Å². The van der Waals surface area contributed by atoms with Crippen LogP contribution in [0.5, 0.6) is 0 Å². The number of rotatable bonds is 45. The van der Waals surface area contributed by atoms with E-state index in [1.54, 1.807) is 0 Å². The summed E-state index contributed by atoms with van der Waals surface area (Å²) < 4.78 is 17.3. The fourth-order valence-electron chi connectivity index (χ4n) is 7.25. The Balaban J connectivity index is 4.29. The number of carboxylic acid groups (broad SMARTS) is 1. The van der Waals surface area contributed by atoms with Gasteiger partial charge in [-0.1, -0.05) is 177 Å². The number of hydrogen-bond donors (Lipinski definition) is 1. The molecule has 0 saturated carbocycles. The second-order valence-electron chi connectivity index (χ2n) is 18.0. The number of hydrogen-bond acceptors (Lipinski definition) is 6. The van der Waals surface area contributed by atoms with Gasteiger partial charge in [-0.25, -0.2) is 4.79 Å². The Bertz CT molecular complexity index is 1200. The van der Waals surface area contributed by atoms with Crippen LogP contribution in [0.1, 0.15) is 213 Å². The summed E-state index contributed by atoms with van der Waals surface area (Å²) in [5.74, 6) is -1.49. The molecule has 0 heterocycles. The van der Waals surface area contributed by atoms with Crippen molar-refractivity contribution in [1.29, 1.82) is 0 Å². The quantitative estimate of drug-likeness (QED) is 0.0282. The number of likely N-dealkylation sites (N-methyl/N-ethyl adjacent to an activating group) is 1. The second-order valence-corrected chi connectivity index (χ2v) is 18.0.